The molecular weight excluding hydrogens is 468 g/mol. The lowest BCUT2D eigenvalue weighted by Crippen LogP contribution is -2.47. The lowest BCUT2D eigenvalue weighted by atomic mass is 9.87. The van der Waals surface area contributed by atoms with Crippen molar-refractivity contribution in [2.75, 3.05) is 58.2 Å². The zero-order valence-corrected chi connectivity index (χ0v) is 20.3. The molecule has 9 nitrogen and oxygen atoms in total. The Morgan fingerprint density at radius 1 is 1.12 bits per heavy atom. The molecule has 0 bridgehead atoms. The van der Waals surface area contributed by atoms with Gasteiger partial charge in [0.15, 0.2) is 11.5 Å². The van der Waals surface area contributed by atoms with Crippen molar-refractivity contribution in [2.45, 2.75) is 31.7 Å². The van der Waals surface area contributed by atoms with Crippen molar-refractivity contribution in [1.82, 2.24) is 20.3 Å². The van der Waals surface area contributed by atoms with Gasteiger partial charge in [-0.2, -0.15) is 4.31 Å². The number of ether oxygens (including phenoxy) is 2. The maximum Gasteiger partial charge on any atom is 0.255 e. The van der Waals surface area contributed by atoms with Crippen molar-refractivity contribution in [3.63, 3.8) is 0 Å². The maximum absolute atomic E-state index is 13.3. The minimum absolute atomic E-state index is 0.0911. The van der Waals surface area contributed by atoms with E-state index < -0.39 is 10.0 Å². The van der Waals surface area contributed by atoms with Crippen LogP contribution in [0.25, 0.3) is 0 Å². The molecule has 3 aliphatic heterocycles. The quantitative estimate of drug-likeness (QED) is 0.492. The largest absolute Gasteiger partial charge is 0.486 e. The third kappa shape index (κ3) is 6.30. The lowest BCUT2D eigenvalue weighted by molar-refractivity contribution is 0.0900. The van der Waals surface area contributed by atoms with E-state index in [9.17, 15) is 13.2 Å². The molecule has 3 N–H and O–H groups in total. The average molecular weight is 501 g/mol. The summed E-state index contributed by atoms with van der Waals surface area (Å²) in [6.07, 6.45) is 2.96. The Bertz CT molecular complexity index is 933. The van der Waals surface area contributed by atoms with E-state index in [4.69, 9.17) is 21.1 Å². The number of benzene rings is 1. The molecule has 3 aliphatic rings. The van der Waals surface area contributed by atoms with Gasteiger partial charge in [-0.15, -0.1) is 0 Å². The van der Waals surface area contributed by atoms with E-state index in [0.717, 1.165) is 25.9 Å². The predicted octanol–water partition coefficient (Wildman–Crippen LogP) is 1.22. The van der Waals surface area contributed by atoms with Crippen LogP contribution in [-0.2, 0) is 10.0 Å². The van der Waals surface area contributed by atoms with Crippen molar-refractivity contribution in [1.29, 1.82) is 0 Å². The summed E-state index contributed by atoms with van der Waals surface area (Å²) in [4.78, 5) is 13.3. The van der Waals surface area contributed by atoms with Gasteiger partial charge in [0.2, 0.25) is 10.0 Å². The monoisotopic (exact) mass is 500 g/mol. The first-order valence-corrected chi connectivity index (χ1v) is 13.7. The van der Waals surface area contributed by atoms with Crippen molar-refractivity contribution in [2.24, 2.45) is 5.92 Å². The molecule has 0 saturated carbocycles. The highest BCUT2D eigenvalue weighted by Crippen LogP contribution is 2.37. The van der Waals surface area contributed by atoms with E-state index in [1.54, 1.807) is 16.4 Å². The van der Waals surface area contributed by atoms with Crippen molar-refractivity contribution in [3.05, 3.63) is 22.7 Å². The fourth-order valence-corrected chi connectivity index (χ4v) is 6.48. The lowest BCUT2D eigenvalue weighted by Gasteiger charge is -2.32. The topological polar surface area (TPSA) is 109 Å². The number of hydrogen-bond donors (Lipinski definition) is 3. The summed E-state index contributed by atoms with van der Waals surface area (Å²) in [5.41, 5.74) is 0.351. The molecule has 0 aliphatic carbocycles. The van der Waals surface area contributed by atoms with Gasteiger partial charge in [-0.25, -0.2) is 8.42 Å². The molecule has 2 fully saturated rings. The number of carbonyl (C=O) groups is 1. The zero-order chi connectivity index (χ0) is 23.3. The van der Waals surface area contributed by atoms with Crippen LogP contribution < -0.4 is 25.4 Å². The van der Waals surface area contributed by atoms with Gasteiger partial charge in [-0.1, -0.05) is 11.6 Å². The molecule has 0 spiro atoms. The molecule has 1 aromatic rings. The molecule has 1 unspecified atom stereocenters. The van der Waals surface area contributed by atoms with Crippen LogP contribution >= 0.6 is 11.6 Å². The summed E-state index contributed by atoms with van der Waals surface area (Å²) in [5.74, 6) is 0.985. The fraction of sp³-hybridized carbons (Fsp3) is 0.682. The third-order valence-corrected chi connectivity index (χ3v) is 8.68. The Hall–Kier alpha value is -1.59. The number of sulfonamides is 1. The number of nitrogens with zero attached hydrogens (tertiary/aromatic N) is 1. The molecule has 1 aromatic carbocycles. The zero-order valence-electron chi connectivity index (χ0n) is 18.8. The summed E-state index contributed by atoms with van der Waals surface area (Å²) < 4.78 is 38.4. The second-order valence-electron chi connectivity index (χ2n) is 8.75. The standard InChI is InChI=1S/C22H33ClN4O5S/c23-17-14-18(21-20(15-17)31-11-12-32-21)22(28)26-19(16-3-5-24-6-4-16)2-1-13-33(29,30)27-9-7-25-8-10-27/h14-16,19,24-25H,1-13H2,(H,26,28). The molecule has 0 radical (unpaired) electrons. The van der Waals surface area contributed by atoms with E-state index in [1.165, 1.54) is 0 Å². The number of piperidine rings is 1. The van der Waals surface area contributed by atoms with Crippen LogP contribution in [0.15, 0.2) is 12.1 Å². The molecule has 3 heterocycles. The van der Waals surface area contributed by atoms with Gasteiger partial charge in [-0.05, 0) is 50.8 Å². The Morgan fingerprint density at radius 3 is 2.58 bits per heavy atom. The summed E-state index contributed by atoms with van der Waals surface area (Å²) in [7, 11) is -3.29. The van der Waals surface area contributed by atoms with Gasteiger partial charge in [0.1, 0.15) is 13.2 Å². The minimum atomic E-state index is -3.29. The number of rotatable bonds is 8. The SMILES string of the molecule is O=C(NC(CCCS(=O)(=O)N1CCNCC1)C1CCNCC1)c1cc(Cl)cc2c1OCCO2. The molecule has 1 atom stereocenters. The fourth-order valence-electron chi connectivity index (χ4n) is 4.74. The second kappa shape index (κ2) is 11.2. The number of halogens is 1. The Balaban J connectivity index is 1.44. The van der Waals surface area contributed by atoms with Crippen molar-refractivity contribution >= 4 is 27.5 Å². The number of fused-ring (bicyclic) bond motifs is 1. The minimum Gasteiger partial charge on any atom is -0.486 e. The maximum atomic E-state index is 13.3. The number of nitrogens with one attached hydrogen (secondary N) is 3. The molecule has 2 saturated heterocycles. The van der Waals surface area contributed by atoms with E-state index in [2.05, 4.69) is 16.0 Å². The van der Waals surface area contributed by atoms with Crippen LogP contribution in [0.2, 0.25) is 5.02 Å². The highest BCUT2D eigenvalue weighted by Gasteiger charge is 2.30. The Morgan fingerprint density at radius 2 is 1.82 bits per heavy atom. The van der Waals surface area contributed by atoms with Crippen LogP contribution in [-0.4, -0.2) is 82.9 Å². The summed E-state index contributed by atoms with van der Waals surface area (Å²) in [6, 6.07) is 3.12. The van der Waals surface area contributed by atoms with Gasteiger partial charge >= 0.3 is 0 Å². The molecule has 4 rings (SSSR count). The second-order valence-corrected chi connectivity index (χ2v) is 11.3. The molecule has 11 heteroatoms. The van der Waals surface area contributed by atoms with Gasteiger partial charge in [0.05, 0.1) is 11.3 Å². The highest BCUT2D eigenvalue weighted by atomic mass is 35.5. The highest BCUT2D eigenvalue weighted by molar-refractivity contribution is 7.89. The van der Waals surface area contributed by atoms with E-state index in [0.29, 0.717) is 74.3 Å². The van der Waals surface area contributed by atoms with Gasteiger partial charge in [-0.3, -0.25) is 4.79 Å². The smallest absolute Gasteiger partial charge is 0.255 e. The van der Waals surface area contributed by atoms with Gasteiger partial charge in [0, 0.05) is 43.3 Å². The van der Waals surface area contributed by atoms with Crippen LogP contribution in [0.3, 0.4) is 0 Å². The first-order valence-electron chi connectivity index (χ1n) is 11.7. The summed E-state index contributed by atoms with van der Waals surface area (Å²) >= 11 is 6.22. The molecule has 0 aromatic heterocycles. The molecule has 33 heavy (non-hydrogen) atoms. The van der Waals surface area contributed by atoms with Crippen molar-refractivity contribution in [3.8, 4) is 11.5 Å². The normalized spacial score (nSPS) is 20.9. The summed E-state index contributed by atoms with van der Waals surface area (Å²) in [6.45, 7) is 4.95. The molecule has 1 amide bonds. The van der Waals surface area contributed by atoms with Gasteiger partial charge in [0.25, 0.3) is 5.91 Å². The average Bonchev–Trinajstić information content (AvgIpc) is 2.84. The number of hydrogen-bond acceptors (Lipinski definition) is 7. The Labute approximate surface area is 200 Å². The number of piperazine rings is 1. The van der Waals surface area contributed by atoms with E-state index in [1.807, 2.05) is 0 Å². The van der Waals surface area contributed by atoms with E-state index in [-0.39, 0.29) is 23.6 Å². The first-order chi connectivity index (χ1) is 15.9. The first kappa shape index (κ1) is 24.5. The Kier molecular flexibility index (Phi) is 8.34. The molecule has 184 valence electrons. The number of amides is 1. The predicted molar refractivity (Wildman–Crippen MR) is 127 cm³/mol. The van der Waals surface area contributed by atoms with Crippen LogP contribution in [0, 0.1) is 5.92 Å². The third-order valence-electron chi connectivity index (χ3n) is 6.51. The van der Waals surface area contributed by atoms with E-state index >= 15 is 0 Å². The van der Waals surface area contributed by atoms with Crippen molar-refractivity contribution < 1.29 is 22.7 Å². The van der Waals surface area contributed by atoms with Crippen LogP contribution in [0.4, 0.5) is 0 Å². The van der Waals surface area contributed by atoms with Gasteiger partial charge < -0.3 is 25.4 Å². The van der Waals surface area contributed by atoms with Crippen LogP contribution in [0.5, 0.6) is 11.5 Å². The number of carbonyl (C=O) groups excluding carboxylic acids is 1. The molecular formula is C22H33ClN4O5S. The van der Waals surface area contributed by atoms with Crippen LogP contribution in [0.1, 0.15) is 36.0 Å². The summed E-state index contributed by atoms with van der Waals surface area (Å²) in [5, 5.41) is 10.1.